The van der Waals surface area contributed by atoms with Crippen LogP contribution < -0.4 is 5.32 Å². The molecule has 1 aromatic carbocycles. The molecule has 8 heteroatoms. The molecule has 1 heterocycles. The second-order valence-corrected chi connectivity index (χ2v) is 6.79. The molecule has 0 radical (unpaired) electrons. The van der Waals surface area contributed by atoms with Crippen molar-refractivity contribution in [2.45, 2.75) is 18.1 Å². The third-order valence-electron chi connectivity index (χ3n) is 3.09. The number of carboxylic acid groups (broad SMARTS) is 1. The Bertz CT molecular complexity index is 670. The van der Waals surface area contributed by atoms with Gasteiger partial charge in [-0.05, 0) is 31.0 Å². The topological polar surface area (TPSA) is 101 Å². The van der Waals surface area contributed by atoms with Crippen molar-refractivity contribution >= 4 is 27.4 Å². The molecule has 1 amide bonds. The lowest BCUT2D eigenvalue weighted by Gasteiger charge is -2.11. The average Bonchev–Trinajstić information content (AvgIpc) is 2.71. The highest BCUT2D eigenvalue weighted by atomic mass is 32.2. The third-order valence-corrected chi connectivity index (χ3v) is 5.27. The van der Waals surface area contributed by atoms with Gasteiger partial charge in [-0.15, -0.1) is 0 Å². The molecular weight excluding hydrogens is 289 g/mol. The zero-order chi connectivity index (χ0) is 14.9. The summed E-state index contributed by atoms with van der Waals surface area (Å²) in [6.07, 6.45) is 0.576. The van der Waals surface area contributed by atoms with Gasteiger partial charge in [0, 0.05) is 0 Å². The molecule has 6 nitrogen and oxygen atoms in total. The number of carboxylic acids is 1. The number of sulfone groups is 1. The van der Waals surface area contributed by atoms with E-state index >= 15 is 0 Å². The fourth-order valence-electron chi connectivity index (χ4n) is 2.05. The van der Waals surface area contributed by atoms with Crippen molar-refractivity contribution in [3.63, 3.8) is 0 Å². The zero-order valence-electron chi connectivity index (χ0n) is 10.3. The molecule has 0 spiro atoms. The Morgan fingerprint density at radius 2 is 2.05 bits per heavy atom. The van der Waals surface area contributed by atoms with Gasteiger partial charge in [0.25, 0.3) is 0 Å². The summed E-state index contributed by atoms with van der Waals surface area (Å²) in [5.41, 5.74) is -0.534. The fraction of sp³-hybridized carbons (Fsp3) is 0.333. The van der Waals surface area contributed by atoms with Crippen LogP contribution in [-0.2, 0) is 14.6 Å². The molecule has 1 unspecified atom stereocenters. The van der Waals surface area contributed by atoms with Gasteiger partial charge >= 0.3 is 5.97 Å². The summed E-state index contributed by atoms with van der Waals surface area (Å²) in [7, 11) is -3.50. The highest BCUT2D eigenvalue weighted by molar-refractivity contribution is 7.93. The fourth-order valence-corrected chi connectivity index (χ4v) is 3.82. The van der Waals surface area contributed by atoms with E-state index in [0.29, 0.717) is 6.42 Å². The number of carbonyl (C=O) groups is 2. The van der Waals surface area contributed by atoms with Crippen LogP contribution in [0.5, 0.6) is 0 Å². The molecule has 2 N–H and O–H groups in total. The molecular formula is C12H12FNO5S. The van der Waals surface area contributed by atoms with E-state index in [1.165, 1.54) is 0 Å². The van der Waals surface area contributed by atoms with Crippen LogP contribution >= 0.6 is 0 Å². The molecule has 1 fully saturated rings. The van der Waals surface area contributed by atoms with E-state index in [1.807, 2.05) is 0 Å². The van der Waals surface area contributed by atoms with Crippen molar-refractivity contribution in [3.05, 3.63) is 29.6 Å². The van der Waals surface area contributed by atoms with Gasteiger partial charge in [0.1, 0.15) is 11.1 Å². The molecule has 108 valence electrons. The Balaban J connectivity index is 2.24. The van der Waals surface area contributed by atoms with Gasteiger partial charge in [-0.3, -0.25) is 4.79 Å². The van der Waals surface area contributed by atoms with Crippen LogP contribution in [0.1, 0.15) is 23.2 Å². The molecule has 0 aliphatic carbocycles. The molecule has 1 aromatic rings. The Morgan fingerprint density at radius 1 is 1.35 bits per heavy atom. The van der Waals surface area contributed by atoms with E-state index < -0.39 is 32.8 Å². The van der Waals surface area contributed by atoms with Crippen molar-refractivity contribution in [1.29, 1.82) is 0 Å². The van der Waals surface area contributed by atoms with E-state index in [4.69, 9.17) is 5.11 Å². The molecule has 1 atom stereocenters. The summed E-state index contributed by atoms with van der Waals surface area (Å²) in [4.78, 5) is 22.6. The Hall–Kier alpha value is -1.96. The van der Waals surface area contributed by atoms with Crippen molar-refractivity contribution < 1.29 is 27.5 Å². The largest absolute Gasteiger partial charge is 0.478 e. The molecule has 0 aromatic heterocycles. The van der Waals surface area contributed by atoms with Crippen molar-refractivity contribution in [1.82, 2.24) is 0 Å². The van der Waals surface area contributed by atoms with E-state index in [-0.39, 0.29) is 23.4 Å². The summed E-state index contributed by atoms with van der Waals surface area (Å²) in [6.45, 7) is 0. The van der Waals surface area contributed by atoms with E-state index in [1.54, 1.807) is 0 Å². The maximum absolute atomic E-state index is 13.5. The number of nitrogens with one attached hydrogen (secondary N) is 1. The summed E-state index contributed by atoms with van der Waals surface area (Å²) >= 11 is 0. The normalized spacial score (nSPS) is 20.6. The van der Waals surface area contributed by atoms with Gasteiger partial charge < -0.3 is 10.4 Å². The molecule has 1 aliphatic rings. The lowest BCUT2D eigenvalue weighted by Crippen LogP contribution is -2.32. The monoisotopic (exact) mass is 301 g/mol. The standard InChI is InChI=1S/C12H12FNO5S/c13-8-4-3-7(12(16)17)6-9(8)14-11(15)10-2-1-5-20(10,18)19/h3-4,6,10H,1-2,5H2,(H,14,15)(H,16,17). The predicted octanol–water partition coefficient (Wildman–Crippen LogP) is 1.04. The SMILES string of the molecule is O=C(O)c1ccc(F)c(NC(=O)C2CCCS2(=O)=O)c1. The highest BCUT2D eigenvalue weighted by Crippen LogP contribution is 2.23. The molecule has 0 saturated carbocycles. The van der Waals surface area contributed by atoms with Gasteiger partial charge in [0.05, 0.1) is 17.0 Å². The lowest BCUT2D eigenvalue weighted by molar-refractivity contribution is -0.115. The number of hydrogen-bond donors (Lipinski definition) is 2. The Labute approximate surface area is 114 Å². The predicted molar refractivity (Wildman–Crippen MR) is 68.8 cm³/mol. The quantitative estimate of drug-likeness (QED) is 0.868. The smallest absolute Gasteiger partial charge is 0.335 e. The number of amides is 1. The first-order valence-electron chi connectivity index (χ1n) is 5.86. The van der Waals surface area contributed by atoms with Gasteiger partial charge in [0.2, 0.25) is 5.91 Å². The Kier molecular flexibility index (Phi) is 3.76. The van der Waals surface area contributed by atoms with Crippen LogP contribution in [0.3, 0.4) is 0 Å². The summed E-state index contributed by atoms with van der Waals surface area (Å²) < 4.78 is 36.7. The van der Waals surface area contributed by atoms with E-state index in [2.05, 4.69) is 5.32 Å². The van der Waals surface area contributed by atoms with E-state index in [9.17, 15) is 22.4 Å². The minimum atomic E-state index is -3.50. The first-order valence-corrected chi connectivity index (χ1v) is 7.58. The molecule has 0 bridgehead atoms. The molecule has 1 saturated heterocycles. The van der Waals surface area contributed by atoms with Crippen molar-refractivity contribution in [2.24, 2.45) is 0 Å². The average molecular weight is 301 g/mol. The van der Waals surface area contributed by atoms with Crippen LogP contribution in [0.2, 0.25) is 0 Å². The van der Waals surface area contributed by atoms with Crippen LogP contribution in [0, 0.1) is 5.82 Å². The first-order chi connectivity index (χ1) is 9.31. The molecule has 20 heavy (non-hydrogen) atoms. The summed E-state index contributed by atoms with van der Waals surface area (Å²) in [5, 5.41) is 9.75. The number of carbonyl (C=O) groups excluding carboxylic acids is 1. The van der Waals surface area contributed by atoms with Crippen LogP contribution in [0.15, 0.2) is 18.2 Å². The van der Waals surface area contributed by atoms with E-state index in [0.717, 1.165) is 18.2 Å². The second kappa shape index (κ2) is 5.20. The van der Waals surface area contributed by atoms with Gasteiger partial charge in [0.15, 0.2) is 9.84 Å². The van der Waals surface area contributed by atoms with Crippen LogP contribution in [-0.4, -0.2) is 36.4 Å². The molecule has 2 rings (SSSR count). The maximum atomic E-state index is 13.5. The minimum Gasteiger partial charge on any atom is -0.478 e. The number of benzene rings is 1. The van der Waals surface area contributed by atoms with Crippen LogP contribution in [0.4, 0.5) is 10.1 Å². The zero-order valence-corrected chi connectivity index (χ0v) is 11.1. The van der Waals surface area contributed by atoms with Crippen molar-refractivity contribution in [2.75, 3.05) is 11.1 Å². The van der Waals surface area contributed by atoms with Gasteiger partial charge in [-0.2, -0.15) is 0 Å². The lowest BCUT2D eigenvalue weighted by atomic mass is 10.2. The third kappa shape index (κ3) is 2.79. The highest BCUT2D eigenvalue weighted by Gasteiger charge is 2.37. The maximum Gasteiger partial charge on any atom is 0.335 e. The Morgan fingerprint density at radius 3 is 2.60 bits per heavy atom. The molecule has 1 aliphatic heterocycles. The summed E-state index contributed by atoms with van der Waals surface area (Å²) in [5.74, 6) is -2.99. The number of rotatable bonds is 3. The number of halogens is 1. The number of aromatic carboxylic acids is 1. The summed E-state index contributed by atoms with van der Waals surface area (Å²) in [6, 6.07) is 2.92. The first kappa shape index (κ1) is 14.4. The van der Waals surface area contributed by atoms with Gasteiger partial charge in [-0.25, -0.2) is 17.6 Å². The van der Waals surface area contributed by atoms with Gasteiger partial charge in [-0.1, -0.05) is 0 Å². The van der Waals surface area contributed by atoms with Crippen LogP contribution in [0.25, 0.3) is 0 Å². The number of anilines is 1. The second-order valence-electron chi connectivity index (χ2n) is 4.49. The minimum absolute atomic E-state index is 0.0667. The number of hydrogen-bond acceptors (Lipinski definition) is 4. The van der Waals surface area contributed by atoms with Crippen molar-refractivity contribution in [3.8, 4) is 0 Å².